The summed E-state index contributed by atoms with van der Waals surface area (Å²) >= 11 is 0. The molecule has 0 bridgehead atoms. The van der Waals surface area contributed by atoms with Crippen molar-refractivity contribution in [1.82, 2.24) is 4.90 Å². The number of rotatable bonds is 5. The summed E-state index contributed by atoms with van der Waals surface area (Å²) in [7, 11) is 2.95. The molecule has 1 fully saturated rings. The fourth-order valence-electron chi connectivity index (χ4n) is 4.29. The molecule has 1 N–H and O–H groups in total. The average Bonchev–Trinajstić information content (AvgIpc) is 3.03. The maximum atomic E-state index is 14.1. The Morgan fingerprint density at radius 1 is 1.19 bits per heavy atom. The smallest absolute Gasteiger partial charge is 0.238 e. The van der Waals surface area contributed by atoms with Crippen LogP contribution >= 0.6 is 0 Å². The van der Waals surface area contributed by atoms with Gasteiger partial charge in [0.05, 0.1) is 20.1 Å². The molecule has 32 heavy (non-hydrogen) atoms. The van der Waals surface area contributed by atoms with E-state index in [-0.39, 0.29) is 30.2 Å². The highest BCUT2D eigenvalue weighted by Crippen LogP contribution is 2.31. The normalized spacial score (nSPS) is 18.7. The van der Waals surface area contributed by atoms with Crippen LogP contribution < -0.4 is 19.9 Å². The van der Waals surface area contributed by atoms with Crippen LogP contribution in [-0.2, 0) is 16.0 Å². The van der Waals surface area contributed by atoms with Crippen molar-refractivity contribution in [2.24, 2.45) is 0 Å². The zero-order chi connectivity index (χ0) is 23.0. The molecular weight excluding hydrogens is 418 g/mol. The van der Waals surface area contributed by atoms with E-state index < -0.39 is 11.6 Å². The van der Waals surface area contributed by atoms with Gasteiger partial charge in [0.15, 0.2) is 17.4 Å². The number of ether oxygens (including phenoxy) is 1. The molecule has 2 heterocycles. The van der Waals surface area contributed by atoms with Gasteiger partial charge in [-0.2, -0.15) is 0 Å². The molecule has 2 aliphatic rings. The fraction of sp³-hybridized carbons (Fsp3) is 0.391. The number of hydrogen-bond donors (Lipinski definition) is 1. The van der Waals surface area contributed by atoms with Crippen LogP contribution in [0.1, 0.15) is 12.5 Å². The van der Waals surface area contributed by atoms with E-state index in [2.05, 4.69) is 5.32 Å². The topological polar surface area (TPSA) is 65.1 Å². The second-order valence-electron chi connectivity index (χ2n) is 8.23. The van der Waals surface area contributed by atoms with Crippen molar-refractivity contribution >= 4 is 28.9 Å². The standard InChI is InChI=1S/C23H26F2N4O3/c1-14-12-29(17-10-18(24)23(32-3)19(25)11-17)7-6-28(14)13-21(30)26-16-5-4-15-8-22(31)27(2)20(15)9-16/h4-5,9-11,14H,6-8,12-13H2,1-3H3,(H,26,30)/t14-/m1/s1. The third-order valence-corrected chi connectivity index (χ3v) is 6.11. The summed E-state index contributed by atoms with van der Waals surface area (Å²) in [5.41, 5.74) is 2.86. The van der Waals surface area contributed by atoms with Gasteiger partial charge in [-0.05, 0) is 24.6 Å². The molecule has 1 atom stereocenters. The van der Waals surface area contributed by atoms with Gasteiger partial charge in [-0.15, -0.1) is 0 Å². The number of fused-ring (bicyclic) bond motifs is 1. The predicted molar refractivity (Wildman–Crippen MR) is 118 cm³/mol. The number of amides is 2. The number of halogens is 2. The van der Waals surface area contributed by atoms with E-state index in [0.717, 1.165) is 11.3 Å². The van der Waals surface area contributed by atoms with Gasteiger partial charge in [0, 0.05) is 61.9 Å². The minimum atomic E-state index is -0.737. The number of nitrogens with zero attached hydrogens (tertiary/aromatic N) is 3. The lowest BCUT2D eigenvalue weighted by Gasteiger charge is -2.40. The molecule has 9 heteroatoms. The van der Waals surface area contributed by atoms with Crippen molar-refractivity contribution in [3.63, 3.8) is 0 Å². The Morgan fingerprint density at radius 2 is 1.91 bits per heavy atom. The zero-order valence-corrected chi connectivity index (χ0v) is 18.3. The van der Waals surface area contributed by atoms with E-state index in [1.165, 1.54) is 19.2 Å². The largest absolute Gasteiger partial charge is 0.491 e. The summed E-state index contributed by atoms with van der Waals surface area (Å²) < 4.78 is 32.9. The minimum absolute atomic E-state index is 0.00602. The Bertz CT molecular complexity index is 1040. The van der Waals surface area contributed by atoms with Crippen molar-refractivity contribution in [3.05, 3.63) is 47.5 Å². The second-order valence-corrected chi connectivity index (χ2v) is 8.23. The lowest BCUT2D eigenvalue weighted by Crippen LogP contribution is -2.53. The molecule has 0 spiro atoms. The van der Waals surface area contributed by atoms with Gasteiger partial charge in [-0.3, -0.25) is 14.5 Å². The number of methoxy groups -OCH3 is 1. The van der Waals surface area contributed by atoms with Crippen molar-refractivity contribution in [2.45, 2.75) is 19.4 Å². The first-order valence-corrected chi connectivity index (χ1v) is 10.5. The maximum absolute atomic E-state index is 14.1. The summed E-state index contributed by atoms with van der Waals surface area (Å²) in [4.78, 5) is 30.0. The summed E-state index contributed by atoms with van der Waals surface area (Å²) in [6.07, 6.45) is 0.379. The van der Waals surface area contributed by atoms with Gasteiger partial charge in [0.25, 0.3) is 0 Å². The molecule has 0 aliphatic carbocycles. The third kappa shape index (κ3) is 4.25. The first kappa shape index (κ1) is 22.0. The van der Waals surface area contributed by atoms with Crippen molar-refractivity contribution in [1.29, 1.82) is 0 Å². The number of anilines is 3. The SMILES string of the molecule is COc1c(F)cc(N2CCN(CC(=O)Nc3ccc4c(c3)N(C)C(=O)C4)[C@H](C)C2)cc1F. The van der Waals surface area contributed by atoms with E-state index in [9.17, 15) is 18.4 Å². The quantitative estimate of drug-likeness (QED) is 0.768. The third-order valence-electron chi connectivity index (χ3n) is 6.11. The fourth-order valence-corrected chi connectivity index (χ4v) is 4.29. The molecule has 0 unspecified atom stereocenters. The molecule has 0 radical (unpaired) electrons. The number of piperazine rings is 1. The molecule has 2 aromatic carbocycles. The Morgan fingerprint density at radius 3 is 2.56 bits per heavy atom. The van der Waals surface area contributed by atoms with Crippen LogP contribution in [0.4, 0.5) is 25.8 Å². The summed E-state index contributed by atoms with van der Waals surface area (Å²) in [5, 5.41) is 2.90. The first-order chi connectivity index (χ1) is 15.3. The molecule has 1 saturated heterocycles. The average molecular weight is 444 g/mol. The second kappa shape index (κ2) is 8.74. The number of hydrogen-bond acceptors (Lipinski definition) is 5. The van der Waals surface area contributed by atoms with Gasteiger partial charge in [0.1, 0.15) is 0 Å². The van der Waals surface area contributed by atoms with Crippen molar-refractivity contribution in [2.75, 3.05) is 55.5 Å². The van der Waals surface area contributed by atoms with Gasteiger partial charge in [0.2, 0.25) is 11.8 Å². The number of nitrogens with one attached hydrogen (secondary N) is 1. The minimum Gasteiger partial charge on any atom is -0.491 e. The van der Waals surface area contributed by atoms with Crippen molar-refractivity contribution < 1.29 is 23.1 Å². The van der Waals surface area contributed by atoms with Gasteiger partial charge in [-0.25, -0.2) is 8.78 Å². The van der Waals surface area contributed by atoms with E-state index in [0.29, 0.717) is 37.4 Å². The monoisotopic (exact) mass is 444 g/mol. The van der Waals surface area contributed by atoms with Crippen LogP contribution in [0.2, 0.25) is 0 Å². The van der Waals surface area contributed by atoms with Crippen LogP contribution in [0, 0.1) is 11.6 Å². The van der Waals surface area contributed by atoms with Crippen LogP contribution in [0.25, 0.3) is 0 Å². The van der Waals surface area contributed by atoms with Gasteiger partial charge < -0.3 is 19.9 Å². The number of carbonyl (C=O) groups is 2. The highest BCUT2D eigenvalue weighted by atomic mass is 19.1. The van der Waals surface area contributed by atoms with E-state index in [4.69, 9.17) is 4.74 Å². The molecule has 2 aliphatic heterocycles. The van der Waals surface area contributed by atoms with E-state index in [1.807, 2.05) is 28.9 Å². The van der Waals surface area contributed by atoms with Crippen molar-refractivity contribution in [3.8, 4) is 5.75 Å². The Labute approximate surface area is 185 Å². The highest BCUT2D eigenvalue weighted by Gasteiger charge is 2.28. The number of carbonyl (C=O) groups excluding carboxylic acids is 2. The van der Waals surface area contributed by atoms with Crippen LogP contribution in [0.3, 0.4) is 0 Å². The molecule has 170 valence electrons. The summed E-state index contributed by atoms with van der Waals surface area (Å²) in [6.45, 7) is 3.82. The first-order valence-electron chi connectivity index (χ1n) is 10.5. The molecule has 2 amide bonds. The van der Waals surface area contributed by atoms with Crippen LogP contribution in [0.15, 0.2) is 30.3 Å². The molecule has 7 nitrogen and oxygen atoms in total. The van der Waals surface area contributed by atoms with E-state index >= 15 is 0 Å². The molecule has 0 aromatic heterocycles. The number of likely N-dealkylation sites (N-methyl/N-ethyl adjacent to an activating group) is 1. The predicted octanol–water partition coefficient (Wildman–Crippen LogP) is 2.64. The highest BCUT2D eigenvalue weighted by molar-refractivity contribution is 6.02. The zero-order valence-electron chi connectivity index (χ0n) is 18.3. The molecule has 4 rings (SSSR count). The Kier molecular flexibility index (Phi) is 6.01. The van der Waals surface area contributed by atoms with Gasteiger partial charge >= 0.3 is 0 Å². The molecule has 0 saturated carbocycles. The molecular formula is C23H26F2N4O3. The van der Waals surface area contributed by atoms with E-state index in [1.54, 1.807) is 18.0 Å². The summed E-state index contributed by atoms with van der Waals surface area (Å²) in [6, 6.07) is 8.02. The Balaban J connectivity index is 1.36. The number of benzene rings is 2. The lowest BCUT2D eigenvalue weighted by atomic mass is 10.1. The maximum Gasteiger partial charge on any atom is 0.238 e. The van der Waals surface area contributed by atoms with Gasteiger partial charge in [-0.1, -0.05) is 6.07 Å². The Hall–Kier alpha value is -3.20. The lowest BCUT2D eigenvalue weighted by molar-refractivity contribution is -0.118. The van der Waals surface area contributed by atoms with Crippen LogP contribution in [0.5, 0.6) is 5.75 Å². The summed E-state index contributed by atoms with van der Waals surface area (Å²) in [5.74, 6) is -1.98. The molecule has 2 aromatic rings. The van der Waals surface area contributed by atoms with Crippen LogP contribution in [-0.4, -0.2) is 63.1 Å².